The second-order valence-electron chi connectivity index (χ2n) is 4.50. The molecule has 1 saturated heterocycles. The number of rotatable bonds is 4. The zero-order chi connectivity index (χ0) is 12.1. The monoisotopic (exact) mass is 234 g/mol. The molecule has 0 bridgehead atoms. The molecular weight excluding hydrogens is 212 g/mol. The molecule has 4 nitrogen and oxygen atoms in total. The lowest BCUT2D eigenvalue weighted by atomic mass is 10.2. The minimum absolute atomic E-state index is 0.891. The van der Waals surface area contributed by atoms with E-state index in [9.17, 15) is 0 Å². The van der Waals surface area contributed by atoms with Crippen molar-refractivity contribution in [1.82, 2.24) is 20.2 Å². The van der Waals surface area contributed by atoms with Gasteiger partial charge in [-0.05, 0) is 18.9 Å². The Bertz CT molecular complexity index is 336. The molecule has 0 amide bonds. The molecule has 0 atom stereocenters. The predicted octanol–water partition coefficient (Wildman–Crippen LogP) is 1.01. The molecule has 4 heteroatoms. The van der Waals surface area contributed by atoms with E-state index in [1.165, 1.54) is 11.4 Å². The fourth-order valence-electron chi connectivity index (χ4n) is 2.12. The van der Waals surface area contributed by atoms with Crippen molar-refractivity contribution in [3.8, 4) is 0 Å². The molecule has 1 aliphatic heterocycles. The summed E-state index contributed by atoms with van der Waals surface area (Å²) in [7, 11) is 0. The van der Waals surface area contributed by atoms with Crippen LogP contribution in [0, 0.1) is 0 Å². The van der Waals surface area contributed by atoms with E-state index in [1.54, 1.807) is 0 Å². The van der Waals surface area contributed by atoms with Crippen molar-refractivity contribution in [2.75, 3.05) is 26.2 Å². The Kier molecular flexibility index (Phi) is 4.45. The zero-order valence-corrected chi connectivity index (χ0v) is 10.9. The second-order valence-corrected chi connectivity index (χ2v) is 4.50. The van der Waals surface area contributed by atoms with Crippen LogP contribution in [0.15, 0.2) is 6.07 Å². The van der Waals surface area contributed by atoms with Crippen LogP contribution in [-0.2, 0) is 19.4 Å². The highest BCUT2D eigenvalue weighted by molar-refractivity contribution is 5.11. The van der Waals surface area contributed by atoms with E-state index < -0.39 is 0 Å². The van der Waals surface area contributed by atoms with Crippen LogP contribution < -0.4 is 5.32 Å². The van der Waals surface area contributed by atoms with Gasteiger partial charge in [-0.15, -0.1) is 0 Å². The number of aryl methyl sites for hydroxylation is 2. The largest absolute Gasteiger partial charge is 0.314 e. The Morgan fingerprint density at radius 3 is 2.24 bits per heavy atom. The lowest BCUT2D eigenvalue weighted by Crippen LogP contribution is -2.43. The summed E-state index contributed by atoms with van der Waals surface area (Å²) < 4.78 is 0. The van der Waals surface area contributed by atoms with Gasteiger partial charge in [0.15, 0.2) is 0 Å². The molecule has 1 aromatic rings. The Labute approximate surface area is 103 Å². The Balaban J connectivity index is 2.07. The number of nitrogens with one attached hydrogen (secondary N) is 1. The number of hydrogen-bond acceptors (Lipinski definition) is 4. The maximum Gasteiger partial charge on any atom is 0.142 e. The summed E-state index contributed by atoms with van der Waals surface area (Å²) in [6.45, 7) is 9.54. The third kappa shape index (κ3) is 3.48. The van der Waals surface area contributed by atoms with E-state index in [1.807, 2.05) is 0 Å². The third-order valence-corrected chi connectivity index (χ3v) is 3.18. The quantitative estimate of drug-likeness (QED) is 0.844. The molecule has 1 aliphatic rings. The van der Waals surface area contributed by atoms with Gasteiger partial charge in [0.1, 0.15) is 5.82 Å². The van der Waals surface area contributed by atoms with Gasteiger partial charge in [-0.1, -0.05) is 13.8 Å². The van der Waals surface area contributed by atoms with E-state index in [0.717, 1.165) is 51.4 Å². The zero-order valence-electron chi connectivity index (χ0n) is 10.9. The van der Waals surface area contributed by atoms with Gasteiger partial charge in [-0.25, -0.2) is 9.97 Å². The summed E-state index contributed by atoms with van der Waals surface area (Å²) in [5.41, 5.74) is 2.34. The van der Waals surface area contributed by atoms with Crippen molar-refractivity contribution in [2.24, 2.45) is 0 Å². The average molecular weight is 234 g/mol. The van der Waals surface area contributed by atoms with Gasteiger partial charge in [0.25, 0.3) is 0 Å². The molecule has 2 heterocycles. The van der Waals surface area contributed by atoms with Crippen molar-refractivity contribution in [1.29, 1.82) is 0 Å². The van der Waals surface area contributed by atoms with Crippen molar-refractivity contribution in [3.05, 3.63) is 23.3 Å². The van der Waals surface area contributed by atoms with Gasteiger partial charge in [0.2, 0.25) is 0 Å². The molecule has 0 unspecified atom stereocenters. The minimum Gasteiger partial charge on any atom is -0.314 e. The highest BCUT2D eigenvalue weighted by Crippen LogP contribution is 2.06. The van der Waals surface area contributed by atoms with E-state index in [-0.39, 0.29) is 0 Å². The summed E-state index contributed by atoms with van der Waals surface area (Å²) in [4.78, 5) is 11.7. The van der Waals surface area contributed by atoms with Crippen LogP contribution in [0.5, 0.6) is 0 Å². The van der Waals surface area contributed by atoms with Gasteiger partial charge in [0, 0.05) is 37.6 Å². The van der Waals surface area contributed by atoms with Gasteiger partial charge in [0.05, 0.1) is 6.54 Å². The van der Waals surface area contributed by atoms with Gasteiger partial charge < -0.3 is 5.32 Å². The van der Waals surface area contributed by atoms with E-state index >= 15 is 0 Å². The van der Waals surface area contributed by atoms with Crippen molar-refractivity contribution < 1.29 is 0 Å². The summed E-state index contributed by atoms with van der Waals surface area (Å²) in [6, 6.07) is 2.13. The molecule has 17 heavy (non-hydrogen) atoms. The van der Waals surface area contributed by atoms with E-state index in [4.69, 9.17) is 0 Å². The molecule has 0 spiro atoms. The van der Waals surface area contributed by atoms with Crippen LogP contribution in [0.4, 0.5) is 0 Å². The topological polar surface area (TPSA) is 41.1 Å². The van der Waals surface area contributed by atoms with E-state index in [2.05, 4.69) is 40.1 Å². The fraction of sp³-hybridized carbons (Fsp3) is 0.692. The van der Waals surface area contributed by atoms with Crippen LogP contribution in [0.1, 0.15) is 31.1 Å². The smallest absolute Gasteiger partial charge is 0.142 e. The first-order chi connectivity index (χ1) is 8.31. The maximum absolute atomic E-state index is 4.62. The van der Waals surface area contributed by atoms with Crippen molar-refractivity contribution in [2.45, 2.75) is 33.2 Å². The number of hydrogen-bond donors (Lipinski definition) is 1. The van der Waals surface area contributed by atoms with Crippen LogP contribution in [0.3, 0.4) is 0 Å². The normalized spacial score (nSPS) is 17.3. The summed E-state index contributed by atoms with van der Waals surface area (Å²) in [5.74, 6) is 0.989. The lowest BCUT2D eigenvalue weighted by molar-refractivity contribution is 0.227. The van der Waals surface area contributed by atoms with Crippen LogP contribution in [0.2, 0.25) is 0 Å². The maximum atomic E-state index is 4.62. The highest BCUT2D eigenvalue weighted by Gasteiger charge is 2.12. The fourth-order valence-corrected chi connectivity index (χ4v) is 2.12. The molecule has 1 aromatic heterocycles. The number of nitrogens with zero attached hydrogens (tertiary/aromatic N) is 3. The molecule has 0 aromatic carbocycles. The molecule has 2 rings (SSSR count). The van der Waals surface area contributed by atoms with Crippen molar-refractivity contribution >= 4 is 0 Å². The van der Waals surface area contributed by atoms with E-state index in [0.29, 0.717) is 0 Å². The molecule has 0 aliphatic carbocycles. The Hall–Kier alpha value is -1.00. The molecule has 1 N–H and O–H groups in total. The third-order valence-electron chi connectivity index (χ3n) is 3.18. The predicted molar refractivity (Wildman–Crippen MR) is 68.9 cm³/mol. The second kappa shape index (κ2) is 6.07. The summed E-state index contributed by atoms with van der Waals surface area (Å²) >= 11 is 0. The Morgan fingerprint density at radius 2 is 1.71 bits per heavy atom. The van der Waals surface area contributed by atoms with Gasteiger partial charge in [-0.2, -0.15) is 0 Å². The van der Waals surface area contributed by atoms with Gasteiger partial charge >= 0.3 is 0 Å². The Morgan fingerprint density at radius 1 is 1.12 bits per heavy atom. The molecule has 94 valence electrons. The first kappa shape index (κ1) is 12.5. The summed E-state index contributed by atoms with van der Waals surface area (Å²) in [6.07, 6.45) is 1.98. The lowest BCUT2D eigenvalue weighted by Gasteiger charge is -2.26. The average Bonchev–Trinajstić information content (AvgIpc) is 2.39. The van der Waals surface area contributed by atoms with Crippen molar-refractivity contribution in [3.63, 3.8) is 0 Å². The first-order valence-corrected chi connectivity index (χ1v) is 6.60. The minimum atomic E-state index is 0.891. The van der Waals surface area contributed by atoms with Crippen LogP contribution in [0.25, 0.3) is 0 Å². The number of piperazine rings is 1. The highest BCUT2D eigenvalue weighted by atomic mass is 15.2. The molecular formula is C13H22N4. The molecule has 0 saturated carbocycles. The molecule has 1 fully saturated rings. The van der Waals surface area contributed by atoms with Crippen LogP contribution >= 0.6 is 0 Å². The SMILES string of the molecule is CCc1cc(CC)nc(CN2CCNCC2)n1. The molecule has 0 radical (unpaired) electrons. The van der Waals surface area contributed by atoms with Gasteiger partial charge in [-0.3, -0.25) is 4.90 Å². The number of aromatic nitrogens is 2. The van der Waals surface area contributed by atoms with Crippen LogP contribution in [-0.4, -0.2) is 41.0 Å². The standard InChI is InChI=1S/C13H22N4/c1-3-11-9-12(4-2)16-13(15-11)10-17-7-5-14-6-8-17/h9,14H,3-8,10H2,1-2H3. The summed E-state index contributed by atoms with van der Waals surface area (Å²) in [5, 5.41) is 3.36. The first-order valence-electron chi connectivity index (χ1n) is 6.60.